The molecule has 2 aromatic carbocycles. The summed E-state index contributed by atoms with van der Waals surface area (Å²) in [5.74, 6) is 0.947. The van der Waals surface area contributed by atoms with Gasteiger partial charge in [-0.2, -0.15) is 0 Å². The minimum Gasteiger partial charge on any atom is -0.496 e. The van der Waals surface area contributed by atoms with Crippen LogP contribution in [0.2, 0.25) is 0 Å². The summed E-state index contributed by atoms with van der Waals surface area (Å²) in [6, 6.07) is 17.2. The highest BCUT2D eigenvalue weighted by Gasteiger charge is 2.07. The lowest BCUT2D eigenvalue weighted by molar-refractivity contribution is 0.405. The molecule has 0 heterocycles. The molecule has 0 radical (unpaired) electrons. The van der Waals surface area contributed by atoms with Gasteiger partial charge in [0.05, 0.1) is 7.11 Å². The average Bonchev–Trinajstić information content (AvgIpc) is 2.48. The number of methoxy groups -OCH3 is 1. The van der Waals surface area contributed by atoms with Gasteiger partial charge in [-0.1, -0.05) is 42.5 Å². The van der Waals surface area contributed by atoms with E-state index in [-0.39, 0.29) is 0 Å². The standard InChI is InChI=1S/C18H23NO/c1-14-8-4-5-9-16(14)12-15(2)19-13-17-10-6-7-11-18(17)20-3/h4-11,15,19H,12-13H2,1-3H3. The van der Waals surface area contributed by atoms with Gasteiger partial charge < -0.3 is 10.1 Å². The molecule has 0 aliphatic carbocycles. The van der Waals surface area contributed by atoms with Crippen molar-refractivity contribution in [2.75, 3.05) is 7.11 Å². The Hall–Kier alpha value is -1.80. The first-order valence-corrected chi connectivity index (χ1v) is 7.10. The fourth-order valence-corrected chi connectivity index (χ4v) is 2.37. The van der Waals surface area contributed by atoms with Gasteiger partial charge in [-0.15, -0.1) is 0 Å². The van der Waals surface area contributed by atoms with Crippen LogP contribution in [-0.4, -0.2) is 13.2 Å². The maximum atomic E-state index is 5.38. The summed E-state index contributed by atoms with van der Waals surface area (Å²) >= 11 is 0. The van der Waals surface area contributed by atoms with E-state index in [1.54, 1.807) is 7.11 Å². The smallest absolute Gasteiger partial charge is 0.123 e. The molecule has 0 saturated heterocycles. The van der Waals surface area contributed by atoms with Gasteiger partial charge in [0.2, 0.25) is 0 Å². The second kappa shape index (κ2) is 7.11. The second-order valence-corrected chi connectivity index (χ2v) is 5.22. The van der Waals surface area contributed by atoms with Crippen LogP contribution < -0.4 is 10.1 Å². The Balaban J connectivity index is 1.92. The predicted octanol–water partition coefficient (Wildman–Crippen LogP) is 3.72. The Morgan fingerprint density at radius 3 is 2.35 bits per heavy atom. The minimum absolute atomic E-state index is 0.431. The van der Waals surface area contributed by atoms with Gasteiger partial charge in [0.15, 0.2) is 0 Å². The molecule has 0 fully saturated rings. The molecule has 2 aromatic rings. The fraction of sp³-hybridized carbons (Fsp3) is 0.333. The predicted molar refractivity (Wildman–Crippen MR) is 84.2 cm³/mol. The Kier molecular flexibility index (Phi) is 5.19. The van der Waals surface area contributed by atoms with E-state index in [1.807, 2.05) is 18.2 Å². The number of aryl methyl sites for hydroxylation is 1. The molecule has 0 aliphatic heterocycles. The molecule has 2 heteroatoms. The van der Waals surface area contributed by atoms with E-state index in [0.29, 0.717) is 6.04 Å². The molecule has 0 aliphatic rings. The third-order valence-electron chi connectivity index (χ3n) is 3.62. The number of nitrogens with one attached hydrogen (secondary N) is 1. The summed E-state index contributed by atoms with van der Waals surface area (Å²) in [6.45, 7) is 5.22. The molecule has 1 unspecified atom stereocenters. The van der Waals surface area contributed by atoms with Crippen molar-refractivity contribution >= 4 is 0 Å². The van der Waals surface area contributed by atoms with Crippen LogP contribution in [0, 0.1) is 6.92 Å². The average molecular weight is 269 g/mol. The topological polar surface area (TPSA) is 21.3 Å². The zero-order chi connectivity index (χ0) is 14.4. The van der Waals surface area contributed by atoms with E-state index in [2.05, 4.69) is 49.5 Å². The molecule has 20 heavy (non-hydrogen) atoms. The summed E-state index contributed by atoms with van der Waals surface area (Å²) in [5.41, 5.74) is 3.97. The van der Waals surface area contributed by atoms with E-state index in [1.165, 1.54) is 16.7 Å². The number of ether oxygens (including phenoxy) is 1. The molecule has 0 saturated carbocycles. The Labute approximate surface area is 121 Å². The van der Waals surface area contributed by atoms with Crippen molar-refractivity contribution in [2.24, 2.45) is 0 Å². The number of hydrogen-bond donors (Lipinski definition) is 1. The van der Waals surface area contributed by atoms with Crippen LogP contribution in [0.3, 0.4) is 0 Å². The van der Waals surface area contributed by atoms with Gasteiger partial charge in [-0.3, -0.25) is 0 Å². The van der Waals surface area contributed by atoms with Gasteiger partial charge in [0, 0.05) is 18.2 Å². The zero-order valence-electron chi connectivity index (χ0n) is 12.5. The third kappa shape index (κ3) is 3.84. The summed E-state index contributed by atoms with van der Waals surface area (Å²) < 4.78 is 5.38. The Morgan fingerprint density at radius 1 is 1.00 bits per heavy atom. The Morgan fingerprint density at radius 2 is 1.65 bits per heavy atom. The first-order chi connectivity index (χ1) is 9.70. The molecule has 2 nitrogen and oxygen atoms in total. The van der Waals surface area contributed by atoms with Gasteiger partial charge in [-0.05, 0) is 37.5 Å². The second-order valence-electron chi connectivity index (χ2n) is 5.22. The van der Waals surface area contributed by atoms with Crippen molar-refractivity contribution < 1.29 is 4.74 Å². The van der Waals surface area contributed by atoms with E-state index in [0.717, 1.165) is 18.7 Å². The minimum atomic E-state index is 0.431. The van der Waals surface area contributed by atoms with Crippen LogP contribution >= 0.6 is 0 Å². The summed E-state index contributed by atoms with van der Waals surface area (Å²) in [4.78, 5) is 0. The van der Waals surface area contributed by atoms with Gasteiger partial charge in [0.25, 0.3) is 0 Å². The van der Waals surface area contributed by atoms with Crippen molar-refractivity contribution in [3.63, 3.8) is 0 Å². The van der Waals surface area contributed by atoms with Crippen LogP contribution in [0.1, 0.15) is 23.6 Å². The van der Waals surface area contributed by atoms with E-state index in [9.17, 15) is 0 Å². The zero-order valence-corrected chi connectivity index (χ0v) is 12.5. The molecule has 0 aromatic heterocycles. The lowest BCUT2D eigenvalue weighted by atomic mass is 10.0. The quantitative estimate of drug-likeness (QED) is 0.863. The highest BCUT2D eigenvalue weighted by Crippen LogP contribution is 2.17. The fourth-order valence-electron chi connectivity index (χ4n) is 2.37. The number of hydrogen-bond acceptors (Lipinski definition) is 2. The van der Waals surface area contributed by atoms with Gasteiger partial charge in [0.1, 0.15) is 5.75 Å². The largest absolute Gasteiger partial charge is 0.496 e. The molecular weight excluding hydrogens is 246 g/mol. The molecular formula is C18H23NO. The van der Waals surface area contributed by atoms with E-state index in [4.69, 9.17) is 4.74 Å². The molecule has 0 amide bonds. The third-order valence-corrected chi connectivity index (χ3v) is 3.62. The monoisotopic (exact) mass is 269 g/mol. The maximum Gasteiger partial charge on any atom is 0.123 e. The lowest BCUT2D eigenvalue weighted by Gasteiger charge is -2.16. The highest BCUT2D eigenvalue weighted by molar-refractivity contribution is 5.33. The number of rotatable bonds is 6. The molecule has 0 spiro atoms. The van der Waals surface area contributed by atoms with Gasteiger partial charge in [-0.25, -0.2) is 0 Å². The van der Waals surface area contributed by atoms with E-state index < -0.39 is 0 Å². The maximum absolute atomic E-state index is 5.38. The first kappa shape index (κ1) is 14.6. The van der Waals surface area contributed by atoms with Crippen LogP contribution in [0.5, 0.6) is 5.75 Å². The molecule has 1 N–H and O–H groups in total. The molecule has 1 atom stereocenters. The van der Waals surface area contributed by atoms with E-state index >= 15 is 0 Å². The van der Waals surface area contributed by atoms with Crippen LogP contribution in [0.15, 0.2) is 48.5 Å². The molecule has 2 rings (SSSR count). The van der Waals surface area contributed by atoms with Crippen LogP contribution in [-0.2, 0) is 13.0 Å². The lowest BCUT2D eigenvalue weighted by Crippen LogP contribution is -2.28. The van der Waals surface area contributed by atoms with Crippen molar-refractivity contribution in [2.45, 2.75) is 32.9 Å². The summed E-state index contributed by atoms with van der Waals surface area (Å²) in [5, 5.41) is 3.57. The van der Waals surface area contributed by atoms with Crippen LogP contribution in [0.4, 0.5) is 0 Å². The van der Waals surface area contributed by atoms with Gasteiger partial charge >= 0.3 is 0 Å². The number of benzene rings is 2. The summed E-state index contributed by atoms with van der Waals surface area (Å²) in [6.07, 6.45) is 1.04. The van der Waals surface area contributed by atoms with Crippen molar-refractivity contribution in [3.05, 3.63) is 65.2 Å². The highest BCUT2D eigenvalue weighted by atomic mass is 16.5. The Bertz CT molecular complexity index is 551. The van der Waals surface area contributed by atoms with Crippen LogP contribution in [0.25, 0.3) is 0 Å². The molecule has 106 valence electrons. The summed E-state index contributed by atoms with van der Waals surface area (Å²) in [7, 11) is 1.72. The SMILES string of the molecule is COc1ccccc1CNC(C)Cc1ccccc1C. The van der Waals surface area contributed by atoms with Crippen molar-refractivity contribution in [1.29, 1.82) is 0 Å². The normalized spacial score (nSPS) is 12.2. The van der Waals surface area contributed by atoms with Crippen molar-refractivity contribution in [3.8, 4) is 5.75 Å². The first-order valence-electron chi connectivity index (χ1n) is 7.10. The number of para-hydroxylation sites is 1. The van der Waals surface area contributed by atoms with Crippen molar-refractivity contribution in [1.82, 2.24) is 5.32 Å². The molecule has 0 bridgehead atoms.